The highest BCUT2D eigenvalue weighted by molar-refractivity contribution is 6.41. The molecule has 0 saturated carbocycles. The van der Waals surface area contributed by atoms with Gasteiger partial charge in [0.1, 0.15) is 11.0 Å². The summed E-state index contributed by atoms with van der Waals surface area (Å²) in [6, 6.07) is 12.6. The van der Waals surface area contributed by atoms with Crippen molar-refractivity contribution in [3.63, 3.8) is 0 Å². The number of esters is 1. The molecule has 2 heterocycles. The van der Waals surface area contributed by atoms with E-state index < -0.39 is 18.5 Å². The zero-order chi connectivity index (χ0) is 21.9. The van der Waals surface area contributed by atoms with Gasteiger partial charge in [0.2, 0.25) is 0 Å². The number of ether oxygens (including phenoxy) is 1. The molecule has 0 fully saturated rings. The predicted octanol–water partition coefficient (Wildman–Crippen LogP) is 4.67. The molecule has 0 bridgehead atoms. The van der Waals surface area contributed by atoms with Gasteiger partial charge in [0.15, 0.2) is 6.61 Å². The van der Waals surface area contributed by atoms with Gasteiger partial charge in [-0.15, -0.1) is 0 Å². The molecule has 3 aromatic rings. The summed E-state index contributed by atoms with van der Waals surface area (Å²) in [5.74, 6) is -0.763. The van der Waals surface area contributed by atoms with E-state index in [1.54, 1.807) is 10.7 Å². The molecule has 7 nitrogen and oxygen atoms in total. The third kappa shape index (κ3) is 5.17. The number of anilines is 1. The molecule has 3 rings (SSSR count). The van der Waals surface area contributed by atoms with Gasteiger partial charge in [0, 0.05) is 17.7 Å². The summed E-state index contributed by atoms with van der Waals surface area (Å²) in [7, 11) is 0. The molecule has 0 atom stereocenters. The maximum absolute atomic E-state index is 12.4. The first-order chi connectivity index (χ1) is 14.1. The first-order valence-corrected chi connectivity index (χ1v) is 9.85. The Morgan fingerprint density at radius 3 is 2.47 bits per heavy atom. The number of carbonyl (C=O) groups excluding carboxylic acids is 2. The summed E-state index contributed by atoms with van der Waals surface area (Å²) in [5, 5.41) is 7.58. The maximum Gasteiger partial charge on any atom is 0.340 e. The van der Waals surface area contributed by atoms with Crippen molar-refractivity contribution in [2.75, 3.05) is 11.9 Å². The molecule has 1 amide bonds. The first kappa shape index (κ1) is 21.8. The van der Waals surface area contributed by atoms with Crippen molar-refractivity contribution in [1.82, 2.24) is 14.8 Å². The molecule has 0 spiro atoms. The molecule has 156 valence electrons. The van der Waals surface area contributed by atoms with Gasteiger partial charge < -0.3 is 10.1 Å². The fraction of sp³-hybridized carbons (Fsp3) is 0.238. The second-order valence-electron chi connectivity index (χ2n) is 7.53. The van der Waals surface area contributed by atoms with Gasteiger partial charge in [0.05, 0.1) is 22.0 Å². The van der Waals surface area contributed by atoms with Crippen LogP contribution in [0.3, 0.4) is 0 Å². The molecule has 1 aromatic carbocycles. The standard InChI is InChI=1S/C21H20Cl2N4O3/c1-21(2,3)16-10-17(27(26-16)14-7-5-4-6-8-14)25-18(28)12-30-20(29)13-9-15(22)19(23)24-11-13/h4-11H,12H2,1-3H3,(H,25,28). The highest BCUT2D eigenvalue weighted by Crippen LogP contribution is 2.26. The van der Waals surface area contributed by atoms with Gasteiger partial charge in [-0.05, 0) is 18.2 Å². The molecule has 0 aliphatic carbocycles. The summed E-state index contributed by atoms with van der Waals surface area (Å²) in [6.45, 7) is 5.61. The predicted molar refractivity (Wildman–Crippen MR) is 115 cm³/mol. The van der Waals surface area contributed by atoms with E-state index in [1.807, 2.05) is 51.1 Å². The zero-order valence-corrected chi connectivity index (χ0v) is 18.2. The molecular weight excluding hydrogens is 427 g/mol. The quantitative estimate of drug-likeness (QED) is 0.454. The Hall–Kier alpha value is -2.90. The Balaban J connectivity index is 1.73. The van der Waals surface area contributed by atoms with Gasteiger partial charge in [-0.2, -0.15) is 5.10 Å². The van der Waals surface area contributed by atoms with Crippen LogP contribution in [0.2, 0.25) is 10.2 Å². The Kier molecular flexibility index (Phi) is 6.43. The van der Waals surface area contributed by atoms with Crippen molar-refractivity contribution in [3.8, 4) is 5.69 Å². The Morgan fingerprint density at radius 1 is 1.13 bits per heavy atom. The number of rotatable bonds is 5. The van der Waals surface area contributed by atoms with E-state index in [0.717, 1.165) is 11.4 Å². The van der Waals surface area contributed by atoms with Crippen molar-refractivity contribution < 1.29 is 14.3 Å². The van der Waals surface area contributed by atoms with Crippen LogP contribution >= 0.6 is 23.2 Å². The highest BCUT2D eigenvalue weighted by Gasteiger charge is 2.22. The minimum absolute atomic E-state index is 0.0785. The van der Waals surface area contributed by atoms with Gasteiger partial charge in [-0.3, -0.25) is 4.79 Å². The van der Waals surface area contributed by atoms with Crippen molar-refractivity contribution in [2.45, 2.75) is 26.2 Å². The van der Waals surface area contributed by atoms with Gasteiger partial charge in [-0.1, -0.05) is 62.2 Å². The van der Waals surface area contributed by atoms with Gasteiger partial charge >= 0.3 is 5.97 Å². The summed E-state index contributed by atoms with van der Waals surface area (Å²) in [5.41, 5.74) is 1.48. The molecule has 0 aliphatic heterocycles. The first-order valence-electron chi connectivity index (χ1n) is 9.09. The summed E-state index contributed by atoms with van der Waals surface area (Å²) in [4.78, 5) is 28.3. The molecule has 0 unspecified atom stereocenters. The van der Waals surface area contributed by atoms with Crippen molar-refractivity contribution in [1.29, 1.82) is 0 Å². The summed E-state index contributed by atoms with van der Waals surface area (Å²) < 4.78 is 6.70. The summed E-state index contributed by atoms with van der Waals surface area (Å²) in [6.07, 6.45) is 1.23. The van der Waals surface area contributed by atoms with Crippen LogP contribution in [0, 0.1) is 0 Å². The SMILES string of the molecule is CC(C)(C)c1cc(NC(=O)COC(=O)c2cnc(Cl)c(Cl)c2)n(-c2ccccc2)n1. The van der Waals surface area contributed by atoms with Crippen LogP contribution in [0.15, 0.2) is 48.7 Å². The van der Waals surface area contributed by atoms with E-state index in [9.17, 15) is 9.59 Å². The molecule has 2 aromatic heterocycles. The van der Waals surface area contributed by atoms with Crippen molar-refractivity contribution in [2.24, 2.45) is 0 Å². The Bertz CT molecular complexity index is 1080. The number of benzene rings is 1. The number of pyridine rings is 1. The fourth-order valence-corrected chi connectivity index (χ4v) is 2.80. The average Bonchev–Trinajstić information content (AvgIpc) is 3.13. The number of hydrogen-bond acceptors (Lipinski definition) is 5. The van der Waals surface area contributed by atoms with Crippen molar-refractivity contribution >= 4 is 40.9 Å². The van der Waals surface area contributed by atoms with E-state index in [0.29, 0.717) is 5.82 Å². The lowest BCUT2D eigenvalue weighted by atomic mass is 9.92. The van der Waals surface area contributed by atoms with E-state index >= 15 is 0 Å². The smallest absolute Gasteiger partial charge is 0.340 e. The monoisotopic (exact) mass is 446 g/mol. The van der Waals surface area contributed by atoms with Crippen LogP contribution < -0.4 is 5.32 Å². The Labute approximate surface area is 184 Å². The minimum atomic E-state index is -0.733. The van der Waals surface area contributed by atoms with E-state index in [4.69, 9.17) is 27.9 Å². The third-order valence-electron chi connectivity index (χ3n) is 4.11. The molecule has 0 aliphatic rings. The second kappa shape index (κ2) is 8.85. The van der Waals surface area contributed by atoms with E-state index in [1.165, 1.54) is 12.3 Å². The number of para-hydroxylation sites is 1. The number of nitrogens with zero attached hydrogens (tertiary/aromatic N) is 3. The molecule has 1 N–H and O–H groups in total. The number of aromatic nitrogens is 3. The van der Waals surface area contributed by atoms with E-state index in [-0.39, 0.29) is 21.2 Å². The van der Waals surface area contributed by atoms with Crippen LogP contribution in [0.5, 0.6) is 0 Å². The maximum atomic E-state index is 12.4. The lowest BCUT2D eigenvalue weighted by Gasteiger charge is -2.14. The zero-order valence-electron chi connectivity index (χ0n) is 16.6. The van der Waals surface area contributed by atoms with Crippen LogP contribution in [-0.4, -0.2) is 33.2 Å². The topological polar surface area (TPSA) is 86.1 Å². The van der Waals surface area contributed by atoms with Crippen molar-refractivity contribution in [3.05, 3.63) is 70.1 Å². The highest BCUT2D eigenvalue weighted by atomic mass is 35.5. The lowest BCUT2D eigenvalue weighted by Crippen LogP contribution is -2.22. The van der Waals surface area contributed by atoms with Crippen LogP contribution in [0.25, 0.3) is 5.69 Å². The minimum Gasteiger partial charge on any atom is -0.452 e. The van der Waals surface area contributed by atoms with Crippen LogP contribution in [-0.2, 0) is 14.9 Å². The molecule has 30 heavy (non-hydrogen) atoms. The van der Waals surface area contributed by atoms with Crippen LogP contribution in [0.4, 0.5) is 5.82 Å². The van der Waals surface area contributed by atoms with Crippen LogP contribution in [0.1, 0.15) is 36.8 Å². The second-order valence-corrected chi connectivity index (χ2v) is 8.30. The fourth-order valence-electron chi connectivity index (χ4n) is 2.53. The molecule has 0 radical (unpaired) electrons. The summed E-state index contributed by atoms with van der Waals surface area (Å²) >= 11 is 11.6. The normalized spacial score (nSPS) is 11.2. The number of hydrogen-bond donors (Lipinski definition) is 1. The Morgan fingerprint density at radius 2 is 1.83 bits per heavy atom. The van der Waals surface area contributed by atoms with Gasteiger partial charge in [0.25, 0.3) is 5.91 Å². The lowest BCUT2D eigenvalue weighted by molar-refractivity contribution is -0.119. The largest absolute Gasteiger partial charge is 0.452 e. The number of amides is 1. The van der Waals surface area contributed by atoms with E-state index in [2.05, 4.69) is 15.4 Å². The molecule has 9 heteroatoms. The third-order valence-corrected chi connectivity index (χ3v) is 4.80. The average molecular weight is 447 g/mol. The number of halogens is 2. The van der Waals surface area contributed by atoms with Gasteiger partial charge in [-0.25, -0.2) is 14.5 Å². The molecule has 0 saturated heterocycles. The number of nitrogens with one attached hydrogen (secondary N) is 1. The molecular formula is C21H20Cl2N4O3. The number of carbonyl (C=O) groups is 2.